The number of fused-ring (bicyclic) bond motifs is 1. The first-order valence-electron chi connectivity index (χ1n) is 12.0. The minimum Gasteiger partial charge on any atom is -0.487 e. The third-order valence-corrected chi connectivity index (χ3v) is 7.39. The van der Waals surface area contributed by atoms with E-state index in [1.807, 2.05) is 48.5 Å². The topological polar surface area (TPSA) is 84.8 Å². The van der Waals surface area contributed by atoms with E-state index in [1.165, 1.54) is 11.3 Å². The van der Waals surface area contributed by atoms with E-state index >= 15 is 0 Å². The van der Waals surface area contributed by atoms with Crippen molar-refractivity contribution in [2.75, 3.05) is 0 Å². The zero-order chi connectivity index (χ0) is 25.8. The minimum atomic E-state index is -0.544. The Kier molecular flexibility index (Phi) is 7.43. The summed E-state index contributed by atoms with van der Waals surface area (Å²) in [5, 5.41) is 11.7. The predicted molar refractivity (Wildman–Crippen MR) is 148 cm³/mol. The maximum atomic E-state index is 13.4. The number of aromatic amines is 1. The Morgan fingerprint density at radius 3 is 2.81 bits per heavy atom. The second kappa shape index (κ2) is 11.1. The number of carbonyl (C=O) groups excluding carboxylic acids is 1. The predicted octanol–water partition coefficient (Wildman–Crippen LogP) is 5.85. The van der Waals surface area contributed by atoms with Gasteiger partial charge >= 0.3 is 0 Å². The molecule has 0 aliphatic rings. The van der Waals surface area contributed by atoms with Gasteiger partial charge in [-0.2, -0.15) is 0 Å². The molecule has 0 aliphatic carbocycles. The van der Waals surface area contributed by atoms with Gasteiger partial charge in [0.15, 0.2) is 3.95 Å². The van der Waals surface area contributed by atoms with Crippen molar-refractivity contribution in [1.29, 1.82) is 0 Å². The van der Waals surface area contributed by atoms with Gasteiger partial charge in [0.05, 0.1) is 16.4 Å². The summed E-state index contributed by atoms with van der Waals surface area (Å²) in [7, 11) is 0. The molecule has 0 saturated heterocycles. The molecule has 7 nitrogen and oxygen atoms in total. The van der Waals surface area contributed by atoms with E-state index in [-0.39, 0.29) is 12.5 Å². The maximum absolute atomic E-state index is 13.4. The first kappa shape index (κ1) is 24.9. The van der Waals surface area contributed by atoms with Crippen molar-refractivity contribution in [3.63, 3.8) is 0 Å². The highest BCUT2D eigenvalue weighted by Gasteiger charge is 2.23. The van der Waals surface area contributed by atoms with Crippen LogP contribution in [0.1, 0.15) is 34.0 Å². The molecule has 2 aromatic heterocycles. The molecule has 5 rings (SSSR count). The fraction of sp³-hybridized carbons (Fsp3) is 0.214. The number of amides is 1. The van der Waals surface area contributed by atoms with Crippen LogP contribution >= 0.6 is 23.6 Å². The number of nitrogens with one attached hydrogen (secondary N) is 2. The van der Waals surface area contributed by atoms with Crippen molar-refractivity contribution in [2.24, 2.45) is 0 Å². The summed E-state index contributed by atoms with van der Waals surface area (Å²) in [5.41, 5.74) is 6.09. The Morgan fingerprint density at radius 1 is 1.14 bits per heavy atom. The number of benzene rings is 3. The summed E-state index contributed by atoms with van der Waals surface area (Å²) in [6.07, 6.45) is 2.28. The van der Waals surface area contributed by atoms with Gasteiger partial charge in [0, 0.05) is 13.0 Å². The molecule has 0 spiro atoms. The molecular weight excluding hydrogens is 502 g/mol. The molecule has 37 heavy (non-hydrogen) atoms. The fourth-order valence-corrected chi connectivity index (χ4v) is 5.28. The van der Waals surface area contributed by atoms with Crippen molar-refractivity contribution >= 4 is 39.7 Å². The van der Waals surface area contributed by atoms with Crippen LogP contribution < -0.4 is 10.1 Å². The number of aryl methyl sites for hydroxylation is 2. The summed E-state index contributed by atoms with van der Waals surface area (Å²) in [6, 6.07) is 21.4. The molecule has 188 valence electrons. The molecule has 5 aromatic rings. The molecule has 1 amide bonds. The van der Waals surface area contributed by atoms with E-state index in [0.29, 0.717) is 18.7 Å². The smallest absolute Gasteiger partial charge is 0.245 e. The molecule has 2 N–H and O–H groups in total. The Balaban J connectivity index is 1.31. The summed E-state index contributed by atoms with van der Waals surface area (Å²) in [6.45, 7) is 4.80. The lowest BCUT2D eigenvalue weighted by Crippen LogP contribution is -2.34. The van der Waals surface area contributed by atoms with E-state index in [2.05, 4.69) is 52.7 Å². The van der Waals surface area contributed by atoms with Crippen molar-refractivity contribution in [3.8, 4) is 5.75 Å². The van der Waals surface area contributed by atoms with Crippen LogP contribution in [0.25, 0.3) is 10.2 Å². The third kappa shape index (κ3) is 6.12. The van der Waals surface area contributed by atoms with Crippen LogP contribution in [0, 0.1) is 17.8 Å². The van der Waals surface area contributed by atoms with Crippen LogP contribution in [0.2, 0.25) is 0 Å². The summed E-state index contributed by atoms with van der Waals surface area (Å²) in [5.74, 6) is 0.612. The maximum Gasteiger partial charge on any atom is 0.245 e. The number of hydrogen-bond acceptors (Lipinski definition) is 6. The highest BCUT2D eigenvalue weighted by Crippen LogP contribution is 2.25. The highest BCUT2D eigenvalue weighted by atomic mass is 32.1. The normalized spacial score (nSPS) is 11.9. The molecule has 1 atom stereocenters. The molecule has 0 fully saturated rings. The molecule has 0 unspecified atom stereocenters. The zero-order valence-electron chi connectivity index (χ0n) is 20.6. The van der Waals surface area contributed by atoms with Crippen molar-refractivity contribution in [2.45, 2.75) is 39.5 Å². The van der Waals surface area contributed by atoms with Gasteiger partial charge in [-0.05, 0) is 61.0 Å². The van der Waals surface area contributed by atoms with Crippen LogP contribution in [-0.4, -0.2) is 25.9 Å². The van der Waals surface area contributed by atoms with E-state index in [1.54, 1.807) is 10.9 Å². The standard InChI is InChI=1S/C28H27N5O2S2/c1-18-8-9-19(2)21(12-18)15-29-27(34)25(13-20-6-4-3-5-7-20)33-16-22(31-32-33)17-35-23-10-11-24-26(14-23)37-28(36)30-24/h3-12,14,16,25H,13,15,17H2,1-2H3,(H,29,34)(H,30,36)/t25-/m0/s1. The van der Waals surface area contributed by atoms with Gasteiger partial charge in [-0.25, -0.2) is 4.68 Å². The minimum absolute atomic E-state index is 0.110. The van der Waals surface area contributed by atoms with E-state index in [0.717, 1.165) is 42.2 Å². The molecular formula is C28H27N5O2S2. The Labute approximate surface area is 224 Å². The van der Waals surface area contributed by atoms with Crippen molar-refractivity contribution in [3.05, 3.63) is 105 Å². The van der Waals surface area contributed by atoms with Gasteiger partial charge in [-0.1, -0.05) is 59.3 Å². The average Bonchev–Trinajstić information content (AvgIpc) is 3.52. The average molecular weight is 530 g/mol. The lowest BCUT2D eigenvalue weighted by atomic mass is 10.0. The van der Waals surface area contributed by atoms with Gasteiger partial charge in [0.2, 0.25) is 5.91 Å². The van der Waals surface area contributed by atoms with Crippen molar-refractivity contribution < 1.29 is 9.53 Å². The van der Waals surface area contributed by atoms with Gasteiger partial charge in [-0.3, -0.25) is 4.79 Å². The molecule has 9 heteroatoms. The zero-order valence-corrected chi connectivity index (χ0v) is 22.2. The summed E-state index contributed by atoms with van der Waals surface area (Å²) < 4.78 is 9.35. The number of hydrogen-bond donors (Lipinski definition) is 2. The van der Waals surface area contributed by atoms with Crippen LogP contribution in [0.15, 0.2) is 72.9 Å². The third-order valence-electron chi connectivity index (χ3n) is 6.19. The Hall–Kier alpha value is -3.82. The van der Waals surface area contributed by atoms with E-state index in [4.69, 9.17) is 17.0 Å². The second-order valence-electron chi connectivity index (χ2n) is 9.00. The lowest BCUT2D eigenvalue weighted by Gasteiger charge is -2.18. The fourth-order valence-electron chi connectivity index (χ4n) is 4.14. The molecule has 3 aromatic carbocycles. The molecule has 2 heterocycles. The SMILES string of the molecule is Cc1ccc(C)c(CNC(=O)[C@H](Cc2ccccc2)n2cc(COc3ccc4[nH]c(=S)sc4c3)nn2)c1. The van der Waals surface area contributed by atoms with Crippen LogP contribution in [-0.2, 0) is 24.4 Å². The van der Waals surface area contributed by atoms with Gasteiger partial charge in [-0.15, -0.1) is 16.4 Å². The van der Waals surface area contributed by atoms with Crippen LogP contribution in [0.5, 0.6) is 5.75 Å². The first-order valence-corrected chi connectivity index (χ1v) is 13.2. The highest BCUT2D eigenvalue weighted by molar-refractivity contribution is 7.73. The summed E-state index contributed by atoms with van der Waals surface area (Å²) in [4.78, 5) is 16.5. The van der Waals surface area contributed by atoms with Crippen LogP contribution in [0.3, 0.4) is 0 Å². The summed E-state index contributed by atoms with van der Waals surface area (Å²) >= 11 is 6.73. The number of aromatic nitrogens is 4. The molecule has 0 saturated carbocycles. The van der Waals surface area contributed by atoms with Gasteiger partial charge < -0.3 is 15.0 Å². The monoisotopic (exact) mass is 529 g/mol. The Bertz CT molecular complexity index is 1590. The largest absolute Gasteiger partial charge is 0.487 e. The molecule has 0 radical (unpaired) electrons. The van der Waals surface area contributed by atoms with Crippen LogP contribution in [0.4, 0.5) is 0 Å². The first-order chi connectivity index (χ1) is 17.9. The number of H-pyrrole nitrogens is 1. The van der Waals surface area contributed by atoms with Gasteiger partial charge in [0.25, 0.3) is 0 Å². The molecule has 0 bridgehead atoms. The number of ether oxygens (including phenoxy) is 1. The number of rotatable bonds is 9. The number of nitrogens with zero attached hydrogens (tertiary/aromatic N) is 3. The lowest BCUT2D eigenvalue weighted by molar-refractivity contribution is -0.124. The number of carbonyl (C=O) groups is 1. The molecule has 0 aliphatic heterocycles. The Morgan fingerprint density at radius 2 is 1.97 bits per heavy atom. The van der Waals surface area contributed by atoms with E-state index in [9.17, 15) is 4.79 Å². The van der Waals surface area contributed by atoms with Gasteiger partial charge in [0.1, 0.15) is 24.1 Å². The number of thiazole rings is 1. The van der Waals surface area contributed by atoms with Crippen molar-refractivity contribution in [1.82, 2.24) is 25.3 Å². The quantitative estimate of drug-likeness (QED) is 0.234. The van der Waals surface area contributed by atoms with E-state index < -0.39 is 6.04 Å². The second-order valence-corrected chi connectivity index (χ2v) is 10.7.